The van der Waals surface area contributed by atoms with Gasteiger partial charge in [0.25, 0.3) is 0 Å². The first-order valence-corrected chi connectivity index (χ1v) is 8.60. The fourth-order valence-corrected chi connectivity index (χ4v) is 2.66. The highest BCUT2D eigenvalue weighted by molar-refractivity contribution is 7.87. The summed E-state index contributed by atoms with van der Waals surface area (Å²) < 4.78 is 33.5. The molecule has 0 radical (unpaired) electrons. The number of aromatic nitrogens is 1. The molecule has 2 aromatic rings. The number of para-hydroxylation sites is 1. The third-order valence-electron chi connectivity index (χ3n) is 3.49. The van der Waals surface area contributed by atoms with E-state index in [2.05, 4.69) is 5.16 Å². The Morgan fingerprint density at radius 3 is 2.73 bits per heavy atom. The number of carbonyl (C=O) groups is 1. The van der Waals surface area contributed by atoms with Gasteiger partial charge in [0.1, 0.15) is 0 Å². The van der Waals surface area contributed by atoms with E-state index in [1.165, 1.54) is 25.3 Å². The van der Waals surface area contributed by atoms with Crippen LogP contribution in [0.5, 0.6) is 5.75 Å². The summed E-state index contributed by atoms with van der Waals surface area (Å²) in [4.78, 5) is 12.7. The molecule has 1 saturated carbocycles. The molecule has 1 aliphatic carbocycles. The van der Waals surface area contributed by atoms with Gasteiger partial charge in [0.2, 0.25) is 5.78 Å². The summed E-state index contributed by atoms with van der Waals surface area (Å²) >= 11 is 0. The summed E-state index contributed by atoms with van der Waals surface area (Å²) in [5.74, 6) is 0.310. The summed E-state index contributed by atoms with van der Waals surface area (Å²) in [7, 11) is -3.70. The van der Waals surface area contributed by atoms with Crippen LogP contribution >= 0.6 is 0 Å². The molecular weight excluding hydrogens is 306 g/mol. The summed E-state index contributed by atoms with van der Waals surface area (Å²) in [6.07, 6.45) is 3.32. The van der Waals surface area contributed by atoms with Crippen molar-refractivity contribution in [3.63, 3.8) is 0 Å². The molecule has 1 aliphatic rings. The lowest BCUT2D eigenvalue weighted by Gasteiger charge is -2.09. The predicted molar refractivity (Wildman–Crippen MR) is 78.4 cm³/mol. The lowest BCUT2D eigenvalue weighted by Crippen LogP contribution is -2.14. The minimum Gasteiger partial charge on any atom is -0.382 e. The van der Waals surface area contributed by atoms with Gasteiger partial charge in [0.15, 0.2) is 11.5 Å². The van der Waals surface area contributed by atoms with Gasteiger partial charge in [0.05, 0.1) is 23.1 Å². The molecular formula is C15H15NO5S. The lowest BCUT2D eigenvalue weighted by atomic mass is 10.0. The number of hydrogen-bond acceptors (Lipinski definition) is 6. The Balaban J connectivity index is 1.97. The van der Waals surface area contributed by atoms with E-state index in [0.29, 0.717) is 11.3 Å². The highest BCUT2D eigenvalue weighted by atomic mass is 32.2. The standard InChI is InChI=1S/C15H15NO5S/c1-2-22(18,19)21-13-6-4-3-5-11(13)14(17)12-9-16-20-15(12)10-7-8-10/h3-6,9-10H,2,7-8H2,1H3. The van der Waals surface area contributed by atoms with Gasteiger partial charge in [-0.25, -0.2) is 0 Å². The van der Waals surface area contributed by atoms with Gasteiger partial charge in [-0.3, -0.25) is 4.79 Å². The van der Waals surface area contributed by atoms with Crippen LogP contribution in [0.15, 0.2) is 35.0 Å². The highest BCUT2D eigenvalue weighted by Crippen LogP contribution is 2.42. The normalized spacial score (nSPS) is 14.8. The Bertz CT molecular complexity index is 805. The van der Waals surface area contributed by atoms with Gasteiger partial charge in [0, 0.05) is 5.92 Å². The molecule has 0 aliphatic heterocycles. The van der Waals surface area contributed by atoms with E-state index >= 15 is 0 Å². The Hall–Kier alpha value is -2.15. The van der Waals surface area contributed by atoms with E-state index in [1.54, 1.807) is 12.1 Å². The van der Waals surface area contributed by atoms with Gasteiger partial charge < -0.3 is 8.71 Å². The maximum atomic E-state index is 12.7. The van der Waals surface area contributed by atoms with Crippen LogP contribution in [0.2, 0.25) is 0 Å². The molecule has 1 aromatic heterocycles. The molecule has 0 amide bonds. The first-order valence-electron chi connectivity index (χ1n) is 7.02. The highest BCUT2D eigenvalue weighted by Gasteiger charge is 2.33. The van der Waals surface area contributed by atoms with E-state index in [9.17, 15) is 13.2 Å². The van der Waals surface area contributed by atoms with Crippen LogP contribution in [-0.2, 0) is 10.1 Å². The van der Waals surface area contributed by atoms with Crippen molar-refractivity contribution in [2.45, 2.75) is 25.7 Å². The molecule has 116 valence electrons. The lowest BCUT2D eigenvalue weighted by molar-refractivity contribution is 0.103. The Kier molecular flexibility index (Phi) is 3.74. The quantitative estimate of drug-likeness (QED) is 0.600. The number of nitrogens with zero attached hydrogens (tertiary/aromatic N) is 1. The van der Waals surface area contributed by atoms with Gasteiger partial charge >= 0.3 is 10.1 Å². The van der Waals surface area contributed by atoms with Crippen molar-refractivity contribution < 1.29 is 21.9 Å². The molecule has 6 nitrogen and oxygen atoms in total. The topological polar surface area (TPSA) is 86.5 Å². The third-order valence-corrected chi connectivity index (χ3v) is 4.63. The molecule has 0 unspecified atom stereocenters. The van der Waals surface area contributed by atoms with Crippen molar-refractivity contribution in [1.29, 1.82) is 0 Å². The van der Waals surface area contributed by atoms with Crippen molar-refractivity contribution in [1.82, 2.24) is 5.16 Å². The molecule has 22 heavy (non-hydrogen) atoms. The van der Waals surface area contributed by atoms with Crippen LogP contribution in [0.3, 0.4) is 0 Å². The number of hydrogen-bond donors (Lipinski definition) is 0. The minimum atomic E-state index is -3.70. The zero-order valence-electron chi connectivity index (χ0n) is 12.0. The second-order valence-corrected chi connectivity index (χ2v) is 6.99. The van der Waals surface area contributed by atoms with Crippen LogP contribution in [0.4, 0.5) is 0 Å². The Morgan fingerprint density at radius 2 is 2.05 bits per heavy atom. The van der Waals surface area contributed by atoms with Crippen LogP contribution in [0.25, 0.3) is 0 Å². The van der Waals surface area contributed by atoms with Gasteiger partial charge in [-0.05, 0) is 31.9 Å². The van der Waals surface area contributed by atoms with Crippen LogP contribution in [0.1, 0.15) is 47.4 Å². The number of benzene rings is 1. The Labute approximate surface area is 128 Å². The average Bonchev–Trinajstić information content (AvgIpc) is 3.24. The van der Waals surface area contributed by atoms with Crippen molar-refractivity contribution in [3.8, 4) is 5.75 Å². The molecule has 7 heteroatoms. The van der Waals surface area contributed by atoms with E-state index in [4.69, 9.17) is 8.71 Å². The van der Waals surface area contributed by atoms with Crippen molar-refractivity contribution >= 4 is 15.9 Å². The molecule has 1 heterocycles. The van der Waals surface area contributed by atoms with E-state index in [1.807, 2.05) is 0 Å². The molecule has 1 fully saturated rings. The summed E-state index contributed by atoms with van der Waals surface area (Å²) in [5, 5.41) is 3.70. The minimum absolute atomic E-state index is 0.0253. The number of rotatable bonds is 6. The van der Waals surface area contributed by atoms with Gasteiger partial charge in [-0.1, -0.05) is 17.3 Å². The second-order valence-electron chi connectivity index (χ2n) is 5.13. The summed E-state index contributed by atoms with van der Waals surface area (Å²) in [5.41, 5.74) is 0.553. The third kappa shape index (κ3) is 2.89. The van der Waals surface area contributed by atoms with Crippen LogP contribution < -0.4 is 4.18 Å². The number of carbonyl (C=O) groups excluding carboxylic acids is 1. The molecule has 0 atom stereocenters. The number of ketones is 1. The van der Waals surface area contributed by atoms with Crippen LogP contribution in [-0.4, -0.2) is 25.1 Å². The smallest absolute Gasteiger partial charge is 0.308 e. The second kappa shape index (κ2) is 5.57. The maximum Gasteiger partial charge on any atom is 0.308 e. The predicted octanol–water partition coefficient (Wildman–Crippen LogP) is 2.51. The van der Waals surface area contributed by atoms with E-state index in [-0.39, 0.29) is 28.8 Å². The average molecular weight is 321 g/mol. The fourth-order valence-electron chi connectivity index (χ4n) is 2.13. The van der Waals surface area contributed by atoms with Crippen LogP contribution in [0, 0.1) is 0 Å². The van der Waals surface area contributed by atoms with Crippen molar-refractivity contribution in [2.24, 2.45) is 0 Å². The summed E-state index contributed by atoms with van der Waals surface area (Å²) in [6.45, 7) is 1.48. The van der Waals surface area contributed by atoms with E-state index in [0.717, 1.165) is 12.8 Å². The maximum absolute atomic E-state index is 12.7. The zero-order chi connectivity index (χ0) is 15.7. The monoisotopic (exact) mass is 321 g/mol. The largest absolute Gasteiger partial charge is 0.382 e. The molecule has 0 saturated heterocycles. The van der Waals surface area contributed by atoms with Crippen molar-refractivity contribution in [2.75, 3.05) is 5.75 Å². The summed E-state index contributed by atoms with van der Waals surface area (Å²) in [6, 6.07) is 6.27. The Morgan fingerprint density at radius 1 is 1.32 bits per heavy atom. The molecule has 0 bridgehead atoms. The van der Waals surface area contributed by atoms with Gasteiger partial charge in [-0.2, -0.15) is 8.42 Å². The van der Waals surface area contributed by atoms with Gasteiger partial charge in [-0.15, -0.1) is 0 Å². The first kappa shape index (κ1) is 14.8. The fraction of sp³-hybridized carbons (Fsp3) is 0.333. The molecule has 0 N–H and O–H groups in total. The SMILES string of the molecule is CCS(=O)(=O)Oc1ccccc1C(=O)c1cnoc1C1CC1. The zero-order valence-corrected chi connectivity index (χ0v) is 12.8. The van der Waals surface area contributed by atoms with Crippen molar-refractivity contribution in [3.05, 3.63) is 47.3 Å². The molecule has 1 aromatic carbocycles. The molecule has 0 spiro atoms. The van der Waals surface area contributed by atoms with E-state index < -0.39 is 10.1 Å². The first-order chi connectivity index (χ1) is 10.5. The molecule has 3 rings (SSSR count).